The van der Waals surface area contributed by atoms with Gasteiger partial charge < -0.3 is 16.2 Å². The number of amides is 1. The number of nitrogen functional groups attached to an aromatic ring is 1. The summed E-state index contributed by atoms with van der Waals surface area (Å²) >= 11 is 5.72. The number of benzene rings is 2. The van der Waals surface area contributed by atoms with Gasteiger partial charge in [-0.15, -0.1) is 5.10 Å². The second-order valence-electron chi connectivity index (χ2n) is 7.53. The van der Waals surface area contributed by atoms with Gasteiger partial charge in [0.2, 0.25) is 5.95 Å². The molecule has 2 aromatic carbocycles. The molecule has 2 aromatic heterocycles. The highest BCUT2D eigenvalue weighted by molar-refractivity contribution is 6.30. The molecule has 0 saturated heterocycles. The summed E-state index contributed by atoms with van der Waals surface area (Å²) in [6.07, 6.45) is 0.488. The van der Waals surface area contributed by atoms with Crippen LogP contribution in [0.25, 0.3) is 16.8 Å². The van der Waals surface area contributed by atoms with E-state index in [9.17, 15) is 14.3 Å². The number of rotatable bonds is 6. The molecule has 1 atom stereocenters. The molecule has 10 heteroatoms. The molecule has 0 aliphatic heterocycles. The van der Waals surface area contributed by atoms with Crippen LogP contribution < -0.4 is 11.1 Å². The molecule has 0 aliphatic rings. The van der Waals surface area contributed by atoms with Gasteiger partial charge in [0.1, 0.15) is 11.6 Å². The van der Waals surface area contributed by atoms with Gasteiger partial charge >= 0.3 is 0 Å². The Labute approximate surface area is 192 Å². The predicted molar refractivity (Wildman–Crippen MR) is 121 cm³/mol. The van der Waals surface area contributed by atoms with Crippen molar-refractivity contribution in [1.82, 2.24) is 19.9 Å². The number of carbonyl (C=O) groups excluding carboxylic acids is 1. The zero-order chi connectivity index (χ0) is 23.7. The van der Waals surface area contributed by atoms with E-state index in [-0.39, 0.29) is 40.6 Å². The fraction of sp³-hybridized carbons (Fsp3) is 0.174. The third-order valence-electron chi connectivity index (χ3n) is 5.27. The van der Waals surface area contributed by atoms with Crippen LogP contribution in [0.1, 0.15) is 34.0 Å². The standard InChI is InChI=1S/C23H20ClF2N5O2/c1-12-2-4-15(13-7-9-31-19(10-13)29-23(27)30-31)21(26)20(12)22(33)28-8-6-18(32)16-5-3-14(24)11-17(16)25/h2-5,7,9-11,18,32H,6,8H2,1H3,(H2,27,30)(H,28,33)/t18-/m0/s1. The Morgan fingerprint density at radius 1 is 1.24 bits per heavy atom. The lowest BCUT2D eigenvalue weighted by molar-refractivity contribution is 0.0937. The first kappa shape index (κ1) is 22.6. The Balaban J connectivity index is 1.51. The molecule has 1 amide bonds. The second kappa shape index (κ2) is 9.13. The van der Waals surface area contributed by atoms with Gasteiger partial charge in [0.25, 0.3) is 5.91 Å². The smallest absolute Gasteiger partial charge is 0.254 e. The van der Waals surface area contributed by atoms with E-state index < -0.39 is 23.6 Å². The van der Waals surface area contributed by atoms with E-state index in [2.05, 4.69) is 15.4 Å². The molecule has 0 unspecified atom stereocenters. The maximum atomic E-state index is 15.4. The minimum Gasteiger partial charge on any atom is -0.388 e. The number of aliphatic hydroxyl groups is 1. The number of aromatic nitrogens is 3. The summed E-state index contributed by atoms with van der Waals surface area (Å²) in [5, 5.41) is 17.0. The lowest BCUT2D eigenvalue weighted by atomic mass is 9.98. The number of halogens is 3. The van der Waals surface area contributed by atoms with Crippen LogP contribution in [-0.4, -0.2) is 32.2 Å². The Morgan fingerprint density at radius 2 is 2.03 bits per heavy atom. The highest BCUT2D eigenvalue weighted by atomic mass is 35.5. The van der Waals surface area contributed by atoms with Gasteiger partial charge in [-0.3, -0.25) is 4.79 Å². The third kappa shape index (κ3) is 4.64. The van der Waals surface area contributed by atoms with Crippen LogP contribution in [-0.2, 0) is 0 Å². The van der Waals surface area contributed by atoms with Crippen molar-refractivity contribution in [2.75, 3.05) is 12.3 Å². The average molecular weight is 472 g/mol. The molecule has 4 rings (SSSR count). The maximum absolute atomic E-state index is 15.4. The number of pyridine rings is 1. The summed E-state index contributed by atoms with van der Waals surface area (Å²) in [4.78, 5) is 16.8. The number of carbonyl (C=O) groups is 1. The molecular weight excluding hydrogens is 452 g/mol. The molecule has 0 spiro atoms. The summed E-state index contributed by atoms with van der Waals surface area (Å²) < 4.78 is 30.8. The number of anilines is 1. The van der Waals surface area contributed by atoms with Crippen LogP contribution in [0.2, 0.25) is 5.02 Å². The predicted octanol–water partition coefficient (Wildman–Crippen LogP) is 4.07. The summed E-state index contributed by atoms with van der Waals surface area (Å²) in [6.45, 7) is 1.64. The molecule has 0 saturated carbocycles. The fourth-order valence-electron chi connectivity index (χ4n) is 3.58. The minimum atomic E-state index is -1.15. The summed E-state index contributed by atoms with van der Waals surface area (Å²) in [7, 11) is 0. The Kier molecular flexibility index (Phi) is 6.26. The van der Waals surface area contributed by atoms with Gasteiger partial charge in [-0.2, -0.15) is 4.98 Å². The molecule has 4 aromatic rings. The monoisotopic (exact) mass is 471 g/mol. The summed E-state index contributed by atoms with van der Waals surface area (Å²) in [6, 6.07) is 10.5. The van der Waals surface area contributed by atoms with Crippen LogP contribution in [0.3, 0.4) is 0 Å². The number of fused-ring (bicyclic) bond motifs is 1. The largest absolute Gasteiger partial charge is 0.388 e. The number of nitrogens with one attached hydrogen (secondary N) is 1. The van der Waals surface area contributed by atoms with E-state index in [0.29, 0.717) is 16.8 Å². The topological polar surface area (TPSA) is 106 Å². The first-order valence-electron chi connectivity index (χ1n) is 10.1. The zero-order valence-corrected chi connectivity index (χ0v) is 18.3. The summed E-state index contributed by atoms with van der Waals surface area (Å²) in [5.41, 5.74) is 7.18. The van der Waals surface area contributed by atoms with Crippen molar-refractivity contribution < 1.29 is 18.7 Å². The zero-order valence-electron chi connectivity index (χ0n) is 17.5. The van der Waals surface area contributed by atoms with Crippen LogP contribution >= 0.6 is 11.6 Å². The Morgan fingerprint density at radius 3 is 2.79 bits per heavy atom. The van der Waals surface area contributed by atoms with E-state index in [1.807, 2.05) is 0 Å². The maximum Gasteiger partial charge on any atom is 0.254 e. The van der Waals surface area contributed by atoms with Crippen LogP contribution in [0.15, 0.2) is 48.7 Å². The van der Waals surface area contributed by atoms with E-state index in [1.54, 1.807) is 37.4 Å². The Bertz CT molecular complexity index is 1360. The van der Waals surface area contributed by atoms with Gasteiger partial charge in [-0.05, 0) is 48.7 Å². The number of hydrogen-bond donors (Lipinski definition) is 3. The molecule has 2 heterocycles. The molecule has 0 fully saturated rings. The van der Waals surface area contributed by atoms with E-state index in [1.165, 1.54) is 16.6 Å². The first-order valence-corrected chi connectivity index (χ1v) is 10.4. The minimum absolute atomic E-state index is 0.0101. The first-order chi connectivity index (χ1) is 15.7. The molecule has 4 N–H and O–H groups in total. The van der Waals surface area contributed by atoms with Crippen LogP contribution in [0.4, 0.5) is 14.7 Å². The number of nitrogens with two attached hydrogens (primary N) is 1. The highest BCUT2D eigenvalue weighted by Gasteiger charge is 2.20. The SMILES string of the molecule is Cc1ccc(-c2ccn3nc(N)nc3c2)c(F)c1C(=O)NCC[C@H](O)c1ccc(Cl)cc1F. The molecule has 0 bridgehead atoms. The number of aliphatic hydroxyl groups excluding tert-OH is 1. The second-order valence-corrected chi connectivity index (χ2v) is 7.97. The molecule has 170 valence electrons. The summed E-state index contributed by atoms with van der Waals surface area (Å²) in [5.74, 6) is -1.86. The lowest BCUT2D eigenvalue weighted by Gasteiger charge is -2.15. The van der Waals surface area contributed by atoms with Gasteiger partial charge in [0, 0.05) is 28.9 Å². The van der Waals surface area contributed by atoms with Crippen LogP contribution in [0.5, 0.6) is 0 Å². The van der Waals surface area contributed by atoms with Gasteiger partial charge in [-0.1, -0.05) is 29.8 Å². The highest BCUT2D eigenvalue weighted by Crippen LogP contribution is 2.28. The number of hydrogen-bond acceptors (Lipinski definition) is 5. The molecule has 0 radical (unpaired) electrons. The van der Waals surface area contributed by atoms with Gasteiger partial charge in [0.05, 0.1) is 11.7 Å². The van der Waals surface area contributed by atoms with Gasteiger partial charge in [0.15, 0.2) is 5.65 Å². The quantitative estimate of drug-likeness (QED) is 0.393. The van der Waals surface area contributed by atoms with Crippen molar-refractivity contribution in [3.63, 3.8) is 0 Å². The van der Waals surface area contributed by atoms with Crippen molar-refractivity contribution in [3.8, 4) is 11.1 Å². The molecule has 7 nitrogen and oxygen atoms in total. The van der Waals surface area contributed by atoms with Crippen molar-refractivity contribution in [2.24, 2.45) is 0 Å². The van der Waals surface area contributed by atoms with Crippen molar-refractivity contribution in [3.05, 3.63) is 82.0 Å². The Hall–Kier alpha value is -3.56. The normalized spacial score (nSPS) is 12.2. The molecule has 0 aliphatic carbocycles. The number of nitrogens with zero attached hydrogens (tertiary/aromatic N) is 3. The molecule has 33 heavy (non-hydrogen) atoms. The van der Waals surface area contributed by atoms with E-state index >= 15 is 4.39 Å². The van der Waals surface area contributed by atoms with Crippen molar-refractivity contribution in [1.29, 1.82) is 0 Å². The molecular formula is C23H20ClF2N5O2. The number of aryl methyl sites for hydroxylation is 1. The van der Waals surface area contributed by atoms with Gasteiger partial charge in [-0.25, -0.2) is 13.3 Å². The van der Waals surface area contributed by atoms with Crippen LogP contribution in [0, 0.1) is 18.6 Å². The third-order valence-corrected chi connectivity index (χ3v) is 5.50. The van der Waals surface area contributed by atoms with E-state index in [0.717, 1.165) is 6.07 Å². The van der Waals surface area contributed by atoms with Crippen molar-refractivity contribution >= 4 is 29.1 Å². The average Bonchev–Trinajstić information content (AvgIpc) is 3.13. The van der Waals surface area contributed by atoms with E-state index in [4.69, 9.17) is 17.3 Å². The lowest BCUT2D eigenvalue weighted by Crippen LogP contribution is -2.27. The fourth-order valence-corrected chi connectivity index (χ4v) is 3.74. The van der Waals surface area contributed by atoms with Crippen molar-refractivity contribution in [2.45, 2.75) is 19.4 Å².